The number of benzene rings is 1. The largest absolute Gasteiger partial charge is 0.506 e. The van der Waals surface area contributed by atoms with E-state index in [0.29, 0.717) is 23.4 Å². The molecule has 0 saturated heterocycles. The molecule has 3 saturated carbocycles. The molecule has 0 aromatic heterocycles. The topological polar surface area (TPSA) is 78.4 Å². The third-order valence-electron chi connectivity index (χ3n) is 9.16. The molecule has 3 N–H and O–H groups in total. The standard InChI is InChI=1S/C25H32N2O3/c1-24-13-11-17-15(7-10-21-25(17,2)14-12-22(29)27-21)16(24)8-9-18(24)23(30)26-19-5-3-4-6-20(19)28/h3-6,12,14-18,21,28H,7-11,13H2,1-2H3,(H,26,30)(H,27,29)/t15-,16-,17+,18?,21?,24-,25+/m0/s1. The lowest BCUT2D eigenvalue weighted by Gasteiger charge is -2.58. The maximum atomic E-state index is 13.2. The first-order chi connectivity index (χ1) is 14.3. The predicted molar refractivity (Wildman–Crippen MR) is 116 cm³/mol. The Morgan fingerprint density at radius 1 is 1.10 bits per heavy atom. The van der Waals surface area contributed by atoms with Gasteiger partial charge in [-0.3, -0.25) is 9.59 Å². The van der Waals surface area contributed by atoms with Crippen molar-refractivity contribution in [2.24, 2.45) is 34.5 Å². The SMILES string of the molecule is C[C@]12C=CC(=O)NC1CC[C@@H]1[C@H]2CC[C@]2(C)C(C(=O)Nc3ccccc3O)CC[C@@H]12. The number of hydrogen-bond donors (Lipinski definition) is 3. The van der Waals surface area contributed by atoms with Gasteiger partial charge in [0.15, 0.2) is 0 Å². The van der Waals surface area contributed by atoms with Gasteiger partial charge < -0.3 is 15.7 Å². The average molecular weight is 409 g/mol. The minimum Gasteiger partial charge on any atom is -0.506 e. The van der Waals surface area contributed by atoms with Crippen LogP contribution in [0.1, 0.15) is 52.4 Å². The molecule has 2 unspecified atom stereocenters. The van der Waals surface area contributed by atoms with E-state index in [1.165, 1.54) is 0 Å². The summed E-state index contributed by atoms with van der Waals surface area (Å²) in [6, 6.07) is 7.19. The average Bonchev–Trinajstić information content (AvgIpc) is 3.07. The van der Waals surface area contributed by atoms with Gasteiger partial charge in [0.25, 0.3) is 0 Å². The van der Waals surface area contributed by atoms with E-state index < -0.39 is 0 Å². The fraction of sp³-hybridized carbons (Fsp3) is 0.600. The summed E-state index contributed by atoms with van der Waals surface area (Å²) < 4.78 is 0. The molecule has 5 heteroatoms. The van der Waals surface area contributed by atoms with Crippen molar-refractivity contribution in [2.45, 2.75) is 58.4 Å². The van der Waals surface area contributed by atoms with Gasteiger partial charge in [0, 0.05) is 17.4 Å². The molecule has 5 rings (SSSR count). The number of aromatic hydroxyl groups is 1. The summed E-state index contributed by atoms with van der Waals surface area (Å²) in [6.07, 6.45) is 10.2. The number of anilines is 1. The maximum Gasteiger partial charge on any atom is 0.243 e. The highest BCUT2D eigenvalue weighted by atomic mass is 16.3. The Morgan fingerprint density at radius 3 is 2.70 bits per heavy atom. The third-order valence-corrected chi connectivity index (χ3v) is 9.16. The molecule has 0 spiro atoms. The number of fused-ring (bicyclic) bond motifs is 5. The zero-order valence-electron chi connectivity index (χ0n) is 17.9. The minimum atomic E-state index is -0.0183. The molecule has 1 heterocycles. The summed E-state index contributed by atoms with van der Waals surface area (Å²) in [5.41, 5.74) is 0.522. The molecular weight excluding hydrogens is 376 g/mol. The first-order valence-corrected chi connectivity index (χ1v) is 11.4. The van der Waals surface area contributed by atoms with E-state index in [2.05, 4.69) is 30.6 Å². The van der Waals surface area contributed by atoms with Crippen LogP contribution in [0.3, 0.4) is 0 Å². The number of carbonyl (C=O) groups excluding carboxylic acids is 2. The Labute approximate surface area is 178 Å². The van der Waals surface area contributed by atoms with Gasteiger partial charge in [0.05, 0.1) is 5.69 Å². The molecule has 3 fully saturated rings. The second-order valence-electron chi connectivity index (χ2n) is 10.4. The fourth-order valence-electron chi connectivity index (χ4n) is 7.56. The zero-order chi connectivity index (χ0) is 21.1. The van der Waals surface area contributed by atoms with Gasteiger partial charge in [-0.05, 0) is 79.9 Å². The number of carbonyl (C=O) groups is 2. The molecule has 0 radical (unpaired) electrons. The Kier molecular flexibility index (Phi) is 4.49. The van der Waals surface area contributed by atoms with Gasteiger partial charge in [-0.1, -0.05) is 32.1 Å². The van der Waals surface area contributed by atoms with Crippen LogP contribution in [0.4, 0.5) is 5.69 Å². The molecule has 30 heavy (non-hydrogen) atoms. The molecule has 7 atom stereocenters. The predicted octanol–water partition coefficient (Wildman–Crippen LogP) is 4.24. The molecule has 160 valence electrons. The van der Waals surface area contributed by atoms with Gasteiger partial charge >= 0.3 is 0 Å². The van der Waals surface area contributed by atoms with Crippen molar-refractivity contribution in [1.29, 1.82) is 0 Å². The van der Waals surface area contributed by atoms with Crippen LogP contribution >= 0.6 is 0 Å². The zero-order valence-corrected chi connectivity index (χ0v) is 17.9. The number of para-hydroxylation sites is 2. The minimum absolute atomic E-state index is 0.000471. The van der Waals surface area contributed by atoms with Crippen molar-refractivity contribution >= 4 is 17.5 Å². The van der Waals surface area contributed by atoms with Crippen LogP contribution in [0, 0.1) is 34.5 Å². The summed E-state index contributed by atoms with van der Waals surface area (Å²) in [5.74, 6) is 1.89. The molecule has 4 aliphatic rings. The first kappa shape index (κ1) is 19.7. The van der Waals surface area contributed by atoms with Crippen LogP contribution in [0.25, 0.3) is 0 Å². The summed E-state index contributed by atoms with van der Waals surface area (Å²) in [4.78, 5) is 25.1. The Hall–Kier alpha value is -2.30. The number of amides is 2. The van der Waals surface area contributed by atoms with Crippen LogP contribution in [-0.2, 0) is 9.59 Å². The van der Waals surface area contributed by atoms with Crippen molar-refractivity contribution in [3.63, 3.8) is 0 Å². The normalized spacial score (nSPS) is 41.9. The number of phenols is 1. The van der Waals surface area contributed by atoms with Crippen LogP contribution in [0.5, 0.6) is 5.75 Å². The highest BCUT2D eigenvalue weighted by Gasteiger charge is 2.60. The van der Waals surface area contributed by atoms with Crippen LogP contribution in [0.2, 0.25) is 0 Å². The Morgan fingerprint density at radius 2 is 1.90 bits per heavy atom. The first-order valence-electron chi connectivity index (χ1n) is 11.4. The lowest BCUT2D eigenvalue weighted by molar-refractivity contribution is -0.129. The van der Waals surface area contributed by atoms with Crippen molar-refractivity contribution < 1.29 is 14.7 Å². The second-order valence-corrected chi connectivity index (χ2v) is 10.4. The van der Waals surface area contributed by atoms with Crippen LogP contribution < -0.4 is 10.6 Å². The van der Waals surface area contributed by atoms with E-state index in [1.54, 1.807) is 24.3 Å². The summed E-state index contributed by atoms with van der Waals surface area (Å²) in [6.45, 7) is 4.65. The number of rotatable bonds is 2. The Balaban J connectivity index is 1.38. The molecule has 1 aromatic carbocycles. The Bertz CT molecular complexity index is 911. The van der Waals surface area contributed by atoms with Gasteiger partial charge in [0.1, 0.15) is 5.75 Å². The van der Waals surface area contributed by atoms with E-state index in [-0.39, 0.29) is 40.4 Å². The van der Waals surface area contributed by atoms with E-state index >= 15 is 0 Å². The lowest BCUT2D eigenvalue weighted by Crippen LogP contribution is -2.59. The van der Waals surface area contributed by atoms with Crippen LogP contribution in [0.15, 0.2) is 36.4 Å². The number of phenolic OH excluding ortho intramolecular Hbond substituents is 1. The summed E-state index contributed by atoms with van der Waals surface area (Å²) >= 11 is 0. The smallest absolute Gasteiger partial charge is 0.243 e. The van der Waals surface area contributed by atoms with E-state index in [0.717, 1.165) is 38.5 Å². The lowest BCUT2D eigenvalue weighted by atomic mass is 9.48. The van der Waals surface area contributed by atoms with E-state index in [9.17, 15) is 14.7 Å². The van der Waals surface area contributed by atoms with Gasteiger partial charge in [-0.25, -0.2) is 0 Å². The van der Waals surface area contributed by atoms with Crippen LogP contribution in [-0.4, -0.2) is 23.0 Å². The van der Waals surface area contributed by atoms with Gasteiger partial charge in [-0.2, -0.15) is 0 Å². The van der Waals surface area contributed by atoms with E-state index in [1.807, 2.05) is 6.07 Å². The molecular formula is C25H32N2O3. The monoisotopic (exact) mass is 408 g/mol. The molecule has 0 bridgehead atoms. The summed E-state index contributed by atoms with van der Waals surface area (Å²) in [5, 5.41) is 16.3. The number of nitrogens with one attached hydrogen (secondary N) is 2. The molecule has 2 amide bonds. The highest BCUT2D eigenvalue weighted by molar-refractivity contribution is 5.94. The third kappa shape index (κ3) is 2.81. The maximum absolute atomic E-state index is 13.2. The van der Waals surface area contributed by atoms with Gasteiger partial charge in [0.2, 0.25) is 11.8 Å². The molecule has 1 aliphatic heterocycles. The van der Waals surface area contributed by atoms with Crippen molar-refractivity contribution in [3.05, 3.63) is 36.4 Å². The molecule has 1 aromatic rings. The summed E-state index contributed by atoms with van der Waals surface area (Å²) in [7, 11) is 0. The second kappa shape index (κ2) is 6.86. The van der Waals surface area contributed by atoms with Crippen molar-refractivity contribution in [2.75, 3.05) is 5.32 Å². The van der Waals surface area contributed by atoms with Crippen molar-refractivity contribution in [3.8, 4) is 5.75 Å². The molecule has 5 nitrogen and oxygen atoms in total. The number of hydrogen-bond acceptors (Lipinski definition) is 3. The van der Waals surface area contributed by atoms with E-state index in [4.69, 9.17) is 0 Å². The highest BCUT2D eigenvalue weighted by Crippen LogP contribution is 2.65. The fourth-order valence-corrected chi connectivity index (χ4v) is 7.56. The molecule has 3 aliphatic carbocycles. The van der Waals surface area contributed by atoms with Gasteiger partial charge in [-0.15, -0.1) is 0 Å². The van der Waals surface area contributed by atoms with Crippen molar-refractivity contribution in [1.82, 2.24) is 5.32 Å². The quantitative estimate of drug-likeness (QED) is 0.641.